The molecule has 0 fully saturated rings. The van der Waals surface area contributed by atoms with Gasteiger partial charge in [-0.15, -0.1) is 0 Å². The van der Waals surface area contributed by atoms with Gasteiger partial charge in [0.2, 0.25) is 0 Å². The first-order chi connectivity index (χ1) is 5.82. The summed E-state index contributed by atoms with van der Waals surface area (Å²) in [5.74, 6) is 0. The molecule has 0 saturated heterocycles. The maximum atomic E-state index is 12.2. The van der Waals surface area contributed by atoms with Crippen LogP contribution in [0.4, 0.5) is 12.9 Å². The molecule has 1 aromatic rings. The van der Waals surface area contributed by atoms with Crippen molar-refractivity contribution in [1.82, 2.24) is 4.57 Å². The minimum absolute atomic E-state index is 0. The Morgan fingerprint density at radius 3 is 2.21 bits per heavy atom. The minimum Gasteiger partial charge on any atom is -0.445 e. The van der Waals surface area contributed by atoms with E-state index in [-0.39, 0.29) is 56.9 Å². The van der Waals surface area contributed by atoms with Crippen LogP contribution in [0.3, 0.4) is 0 Å². The zero-order chi connectivity index (χ0) is 10.2. The van der Waals surface area contributed by atoms with E-state index in [9.17, 15) is 17.7 Å². The van der Waals surface area contributed by atoms with Crippen molar-refractivity contribution in [3.63, 3.8) is 0 Å². The summed E-state index contributed by atoms with van der Waals surface area (Å²) < 4.78 is 37.6. The van der Waals surface area contributed by atoms with Gasteiger partial charge in [-0.2, -0.15) is 0 Å². The minimum atomic E-state index is -5.02. The number of aryl methyl sites for hydroxylation is 2. The van der Waals surface area contributed by atoms with Crippen LogP contribution in [0.15, 0.2) is 17.1 Å². The molecule has 1 heterocycles. The molecular formula is C7H8BF3KNO. The van der Waals surface area contributed by atoms with Gasteiger partial charge in [0.15, 0.2) is 0 Å². The molecule has 0 aliphatic carbocycles. The third-order valence-corrected chi connectivity index (χ3v) is 1.76. The third kappa shape index (κ3) is 3.23. The van der Waals surface area contributed by atoms with Gasteiger partial charge in [-0.25, -0.2) is 0 Å². The van der Waals surface area contributed by atoms with Crippen molar-refractivity contribution in [2.75, 3.05) is 0 Å². The molecule has 0 atom stereocenters. The van der Waals surface area contributed by atoms with Gasteiger partial charge in [-0.1, -0.05) is 11.5 Å². The Hall–Kier alpha value is 0.441. The van der Waals surface area contributed by atoms with Crippen LogP contribution in [0.5, 0.6) is 0 Å². The summed E-state index contributed by atoms with van der Waals surface area (Å²) in [7, 11) is 1.31. The molecule has 0 unspecified atom stereocenters. The van der Waals surface area contributed by atoms with Gasteiger partial charge in [0.1, 0.15) is 0 Å². The fourth-order valence-electron chi connectivity index (χ4n) is 1.09. The van der Waals surface area contributed by atoms with E-state index in [4.69, 9.17) is 0 Å². The van der Waals surface area contributed by atoms with Crippen molar-refractivity contribution in [3.8, 4) is 0 Å². The molecule has 0 spiro atoms. The quantitative estimate of drug-likeness (QED) is 0.499. The van der Waals surface area contributed by atoms with Crippen LogP contribution in [-0.2, 0) is 7.05 Å². The molecule has 7 heteroatoms. The molecule has 14 heavy (non-hydrogen) atoms. The topological polar surface area (TPSA) is 22.0 Å². The van der Waals surface area contributed by atoms with Gasteiger partial charge in [-0.3, -0.25) is 4.79 Å². The normalized spacial score (nSPS) is 10.9. The zero-order valence-electron chi connectivity index (χ0n) is 8.22. The Bertz CT molecular complexity index is 361. The predicted octanol–water partition coefficient (Wildman–Crippen LogP) is -2.25. The molecule has 0 aliphatic rings. The number of nitrogens with zero attached hydrogens (tertiary/aromatic N) is 1. The third-order valence-electron chi connectivity index (χ3n) is 1.76. The average Bonchev–Trinajstić information content (AvgIpc) is 1.97. The molecule has 1 aromatic heterocycles. The number of hydrogen-bond acceptors (Lipinski definition) is 1. The van der Waals surface area contributed by atoms with Crippen molar-refractivity contribution in [2.45, 2.75) is 6.92 Å². The van der Waals surface area contributed by atoms with Gasteiger partial charge >= 0.3 is 58.4 Å². The van der Waals surface area contributed by atoms with Crippen LogP contribution in [0.1, 0.15) is 5.56 Å². The molecule has 0 aliphatic heterocycles. The van der Waals surface area contributed by atoms with Crippen LogP contribution in [0.25, 0.3) is 0 Å². The van der Waals surface area contributed by atoms with Crippen LogP contribution in [0.2, 0.25) is 0 Å². The van der Waals surface area contributed by atoms with E-state index >= 15 is 0 Å². The second-order valence-electron chi connectivity index (χ2n) is 2.95. The first-order valence-electron chi connectivity index (χ1n) is 3.69. The first kappa shape index (κ1) is 14.4. The summed E-state index contributed by atoms with van der Waals surface area (Å²) >= 11 is 0. The van der Waals surface area contributed by atoms with Crippen LogP contribution >= 0.6 is 0 Å². The second kappa shape index (κ2) is 4.98. The van der Waals surface area contributed by atoms with Gasteiger partial charge in [-0.05, 0) is 13.1 Å². The van der Waals surface area contributed by atoms with Gasteiger partial charge in [0, 0.05) is 12.6 Å². The predicted molar refractivity (Wildman–Crippen MR) is 45.1 cm³/mol. The van der Waals surface area contributed by atoms with Crippen molar-refractivity contribution in [2.24, 2.45) is 7.05 Å². The van der Waals surface area contributed by atoms with E-state index in [1.807, 2.05) is 0 Å². The number of aromatic nitrogens is 1. The van der Waals surface area contributed by atoms with Crippen molar-refractivity contribution in [1.29, 1.82) is 0 Å². The molecule has 2 nitrogen and oxygen atoms in total. The van der Waals surface area contributed by atoms with Gasteiger partial charge in [0.25, 0.3) is 5.56 Å². The Balaban J connectivity index is 0.00000169. The molecule has 0 bridgehead atoms. The fourth-order valence-corrected chi connectivity index (χ4v) is 1.09. The smallest absolute Gasteiger partial charge is 0.445 e. The van der Waals surface area contributed by atoms with E-state index in [0.717, 1.165) is 16.8 Å². The average molecular weight is 229 g/mol. The summed E-state index contributed by atoms with van der Waals surface area (Å²) in [6.07, 6.45) is 0.815. The van der Waals surface area contributed by atoms with E-state index < -0.39 is 18.0 Å². The summed E-state index contributed by atoms with van der Waals surface area (Å²) in [5, 5.41) is 0. The van der Waals surface area contributed by atoms with Crippen molar-refractivity contribution >= 4 is 12.4 Å². The van der Waals surface area contributed by atoms with Crippen molar-refractivity contribution in [3.05, 3.63) is 28.2 Å². The van der Waals surface area contributed by atoms with Gasteiger partial charge < -0.3 is 17.5 Å². The van der Waals surface area contributed by atoms with Crippen LogP contribution < -0.4 is 62.4 Å². The number of hydrogen-bond donors (Lipinski definition) is 0. The fraction of sp³-hybridized carbons (Fsp3) is 0.286. The van der Waals surface area contributed by atoms with E-state index in [0.29, 0.717) is 0 Å². The summed E-state index contributed by atoms with van der Waals surface area (Å²) in [5.41, 5.74) is -1.03. The number of pyridine rings is 1. The van der Waals surface area contributed by atoms with Crippen molar-refractivity contribution < 1.29 is 64.3 Å². The molecule has 72 valence electrons. The SMILES string of the molecule is Cc1cc([B-](F)(F)F)cn(C)c1=O.[K+]. The standard InChI is InChI=1S/C7H8BF3NO.K/c1-5-3-6(8(9,10)11)4-12(2)7(5)13;/h3-4H,1-2H3;/q-1;+1. The Labute approximate surface area is 122 Å². The first-order valence-corrected chi connectivity index (χ1v) is 3.69. The monoisotopic (exact) mass is 229 g/mol. The summed E-state index contributed by atoms with van der Waals surface area (Å²) in [6.45, 7) is -3.65. The number of halogens is 3. The Morgan fingerprint density at radius 1 is 1.36 bits per heavy atom. The molecular weight excluding hydrogens is 221 g/mol. The summed E-state index contributed by atoms with van der Waals surface area (Å²) in [4.78, 5) is 11.1. The second-order valence-corrected chi connectivity index (χ2v) is 2.95. The van der Waals surface area contributed by atoms with Gasteiger partial charge in [0.05, 0.1) is 0 Å². The van der Waals surface area contributed by atoms with Crippen LogP contribution in [-0.4, -0.2) is 11.5 Å². The summed E-state index contributed by atoms with van der Waals surface area (Å²) in [6, 6.07) is 0.877. The van der Waals surface area contributed by atoms with Crippen LogP contribution in [0, 0.1) is 6.92 Å². The van der Waals surface area contributed by atoms with E-state index in [2.05, 4.69) is 0 Å². The molecule has 0 saturated carbocycles. The van der Waals surface area contributed by atoms with E-state index in [1.54, 1.807) is 0 Å². The molecule has 0 amide bonds. The maximum absolute atomic E-state index is 12.2. The molecule has 0 aromatic carbocycles. The number of rotatable bonds is 1. The Kier molecular flexibility index (Phi) is 5.14. The maximum Gasteiger partial charge on any atom is 1.00 e. The van der Waals surface area contributed by atoms with E-state index in [1.165, 1.54) is 14.0 Å². The largest absolute Gasteiger partial charge is 1.00 e. The Morgan fingerprint density at radius 2 is 1.86 bits per heavy atom. The zero-order valence-corrected chi connectivity index (χ0v) is 11.3. The molecule has 0 radical (unpaired) electrons. The molecule has 0 N–H and O–H groups in total. The molecule has 1 rings (SSSR count).